The van der Waals surface area contributed by atoms with Crippen molar-refractivity contribution in [3.8, 4) is 6.07 Å². The van der Waals surface area contributed by atoms with Gasteiger partial charge in [0.15, 0.2) is 0 Å². The standard InChI is InChI=1S/C21H21N7O2.C2HF3O2/c22-13-17-3-7-24-21(25-17)26-9-4-15(5-10-26)20(29)28-18(6-12-30-28)16-1-2-19-23-8-11-27(19)14-16;3-2(4,5)1(6)7/h1-3,7-8,11,14-15,18H,4-6,9-10,12H2;(H,6,7). The van der Waals surface area contributed by atoms with Gasteiger partial charge in [0.1, 0.15) is 17.4 Å². The van der Waals surface area contributed by atoms with E-state index >= 15 is 0 Å². The second-order valence-electron chi connectivity index (χ2n) is 8.37. The largest absolute Gasteiger partial charge is 0.490 e. The number of alkyl halides is 3. The third kappa shape index (κ3) is 5.95. The Hall–Kier alpha value is -4.25. The number of pyridine rings is 1. The Morgan fingerprint density at radius 2 is 1.84 bits per heavy atom. The van der Waals surface area contributed by atoms with Crippen molar-refractivity contribution in [1.82, 2.24) is 24.4 Å². The average Bonchev–Trinajstić information content (AvgIpc) is 3.57. The van der Waals surface area contributed by atoms with Crippen molar-refractivity contribution in [3.05, 3.63) is 54.2 Å². The highest BCUT2D eigenvalue weighted by molar-refractivity contribution is 5.79. The van der Waals surface area contributed by atoms with Crippen LogP contribution >= 0.6 is 0 Å². The van der Waals surface area contributed by atoms with Crippen LogP contribution in [0.5, 0.6) is 0 Å². The van der Waals surface area contributed by atoms with Crippen molar-refractivity contribution in [3.63, 3.8) is 0 Å². The summed E-state index contributed by atoms with van der Waals surface area (Å²) < 4.78 is 33.7. The predicted molar refractivity (Wildman–Crippen MR) is 121 cm³/mol. The van der Waals surface area contributed by atoms with Gasteiger partial charge in [0.05, 0.1) is 12.6 Å². The van der Waals surface area contributed by atoms with E-state index in [2.05, 4.69) is 15.0 Å². The molecule has 14 heteroatoms. The number of anilines is 1. The fraction of sp³-hybridized carbons (Fsp3) is 0.391. The molecular weight excluding hydrogens is 495 g/mol. The lowest BCUT2D eigenvalue weighted by Gasteiger charge is -2.34. The SMILES string of the molecule is N#Cc1ccnc(N2CCC(C(=O)N3OCCC3c3ccc4nccn4c3)CC2)n1.O=C(O)C(F)(F)F. The Morgan fingerprint density at radius 1 is 1.11 bits per heavy atom. The van der Waals surface area contributed by atoms with E-state index in [1.807, 2.05) is 39.9 Å². The Bertz CT molecular complexity index is 1320. The monoisotopic (exact) mass is 517 g/mol. The van der Waals surface area contributed by atoms with Gasteiger partial charge in [-0.25, -0.2) is 24.8 Å². The zero-order valence-electron chi connectivity index (χ0n) is 19.4. The lowest BCUT2D eigenvalue weighted by molar-refractivity contribution is -0.192. The molecule has 0 aliphatic carbocycles. The molecule has 0 spiro atoms. The van der Waals surface area contributed by atoms with Crippen molar-refractivity contribution < 1.29 is 32.7 Å². The molecule has 1 atom stereocenters. The first-order valence-electron chi connectivity index (χ1n) is 11.3. The molecule has 1 amide bonds. The number of imidazole rings is 1. The zero-order chi connectivity index (χ0) is 26.6. The number of nitrogens with zero attached hydrogens (tertiary/aromatic N) is 7. The third-order valence-corrected chi connectivity index (χ3v) is 6.05. The number of nitriles is 1. The first-order chi connectivity index (χ1) is 17.7. The number of aliphatic carboxylic acids is 1. The molecule has 37 heavy (non-hydrogen) atoms. The van der Waals surface area contributed by atoms with E-state index in [1.165, 1.54) is 0 Å². The molecule has 2 aliphatic rings. The fourth-order valence-corrected chi connectivity index (χ4v) is 4.19. The number of hydrogen-bond donors (Lipinski definition) is 1. The minimum Gasteiger partial charge on any atom is -0.475 e. The fourth-order valence-electron chi connectivity index (χ4n) is 4.19. The molecule has 0 radical (unpaired) electrons. The van der Waals surface area contributed by atoms with Crippen molar-refractivity contribution >= 4 is 23.5 Å². The maximum atomic E-state index is 13.2. The van der Waals surface area contributed by atoms with Crippen LogP contribution in [0.4, 0.5) is 19.1 Å². The van der Waals surface area contributed by atoms with Gasteiger partial charge in [0.2, 0.25) is 11.9 Å². The third-order valence-electron chi connectivity index (χ3n) is 6.05. The quantitative estimate of drug-likeness (QED) is 0.556. The van der Waals surface area contributed by atoms with Crippen LogP contribution in [0.3, 0.4) is 0 Å². The normalized spacial score (nSPS) is 18.3. The van der Waals surface area contributed by atoms with Crippen LogP contribution in [0, 0.1) is 17.2 Å². The molecule has 3 aromatic rings. The van der Waals surface area contributed by atoms with Crippen LogP contribution in [-0.4, -0.2) is 67.3 Å². The van der Waals surface area contributed by atoms with Gasteiger partial charge < -0.3 is 14.4 Å². The summed E-state index contributed by atoms with van der Waals surface area (Å²) in [4.78, 5) is 42.7. The number of hydrogen-bond acceptors (Lipinski definition) is 8. The highest BCUT2D eigenvalue weighted by atomic mass is 19.4. The maximum absolute atomic E-state index is 13.2. The number of fused-ring (bicyclic) bond motifs is 1. The molecule has 0 saturated carbocycles. The Morgan fingerprint density at radius 3 is 2.51 bits per heavy atom. The summed E-state index contributed by atoms with van der Waals surface area (Å²) in [7, 11) is 0. The minimum atomic E-state index is -5.08. The lowest BCUT2D eigenvalue weighted by Crippen LogP contribution is -2.42. The minimum absolute atomic E-state index is 0.0366. The highest BCUT2D eigenvalue weighted by Crippen LogP contribution is 2.34. The first kappa shape index (κ1) is 25.8. The molecule has 2 fully saturated rings. The van der Waals surface area contributed by atoms with Crippen molar-refractivity contribution in [2.24, 2.45) is 5.92 Å². The molecule has 2 saturated heterocycles. The van der Waals surface area contributed by atoms with Crippen LogP contribution in [0.2, 0.25) is 0 Å². The number of carboxylic acids is 1. The van der Waals surface area contributed by atoms with Crippen molar-refractivity contribution in [1.29, 1.82) is 5.26 Å². The molecule has 5 heterocycles. The summed E-state index contributed by atoms with van der Waals surface area (Å²) in [6.45, 7) is 1.88. The summed E-state index contributed by atoms with van der Waals surface area (Å²) in [6, 6.07) is 7.52. The number of halogens is 3. The number of aromatic nitrogens is 4. The zero-order valence-corrected chi connectivity index (χ0v) is 19.4. The van der Waals surface area contributed by atoms with Crippen LogP contribution < -0.4 is 4.90 Å². The highest BCUT2D eigenvalue weighted by Gasteiger charge is 2.38. The lowest BCUT2D eigenvalue weighted by atomic mass is 9.95. The summed E-state index contributed by atoms with van der Waals surface area (Å²) in [5.41, 5.74) is 2.28. The van der Waals surface area contributed by atoms with Crippen LogP contribution in [0.15, 0.2) is 43.0 Å². The van der Waals surface area contributed by atoms with E-state index in [9.17, 15) is 18.0 Å². The Kier molecular flexibility index (Phi) is 7.53. The summed E-state index contributed by atoms with van der Waals surface area (Å²) in [5.74, 6) is -2.27. The van der Waals surface area contributed by atoms with E-state index in [1.54, 1.807) is 23.5 Å². The van der Waals surface area contributed by atoms with Crippen molar-refractivity contribution in [2.45, 2.75) is 31.5 Å². The Balaban J connectivity index is 0.000000405. The van der Waals surface area contributed by atoms with E-state index in [0.717, 1.165) is 17.6 Å². The number of carbonyl (C=O) groups is 2. The first-order valence-corrected chi connectivity index (χ1v) is 11.3. The second-order valence-corrected chi connectivity index (χ2v) is 8.37. The molecule has 0 aromatic carbocycles. The van der Waals surface area contributed by atoms with E-state index in [4.69, 9.17) is 20.0 Å². The van der Waals surface area contributed by atoms with Gasteiger partial charge in [-0.1, -0.05) is 6.07 Å². The number of piperidine rings is 1. The van der Waals surface area contributed by atoms with Crippen LogP contribution in [-0.2, 0) is 14.4 Å². The number of hydroxylamine groups is 2. The summed E-state index contributed by atoms with van der Waals surface area (Å²) >= 11 is 0. The van der Waals surface area contributed by atoms with Gasteiger partial charge in [-0.15, -0.1) is 0 Å². The number of carboxylic acid groups (broad SMARTS) is 1. The molecule has 0 bridgehead atoms. The second kappa shape index (κ2) is 10.8. The number of amides is 1. The van der Waals surface area contributed by atoms with E-state index < -0.39 is 12.1 Å². The molecule has 2 aliphatic heterocycles. The van der Waals surface area contributed by atoms with Gasteiger partial charge in [-0.05, 0) is 30.5 Å². The van der Waals surface area contributed by atoms with Gasteiger partial charge in [0, 0.05) is 50.2 Å². The van der Waals surface area contributed by atoms with Crippen molar-refractivity contribution in [2.75, 3.05) is 24.6 Å². The molecule has 3 aromatic heterocycles. The van der Waals surface area contributed by atoms with Crippen LogP contribution in [0.1, 0.15) is 36.6 Å². The summed E-state index contributed by atoms with van der Waals surface area (Å²) in [5, 5.41) is 17.7. The molecule has 1 N–H and O–H groups in total. The molecule has 1 unspecified atom stereocenters. The molecule has 194 valence electrons. The topological polar surface area (TPSA) is 137 Å². The number of carbonyl (C=O) groups excluding carboxylic acids is 1. The van der Waals surface area contributed by atoms with Gasteiger partial charge in [0.25, 0.3) is 0 Å². The smallest absolute Gasteiger partial charge is 0.475 e. The predicted octanol–water partition coefficient (Wildman–Crippen LogP) is 2.75. The van der Waals surface area contributed by atoms with E-state index in [0.29, 0.717) is 44.2 Å². The number of rotatable bonds is 3. The Labute approximate surface area is 208 Å². The van der Waals surface area contributed by atoms with Crippen LogP contribution in [0.25, 0.3) is 5.65 Å². The van der Waals surface area contributed by atoms with E-state index in [-0.39, 0.29) is 17.9 Å². The molecular formula is C23H22F3N7O4. The summed E-state index contributed by atoms with van der Waals surface area (Å²) in [6.07, 6.45) is 4.37. The average molecular weight is 517 g/mol. The maximum Gasteiger partial charge on any atom is 0.490 e. The van der Waals surface area contributed by atoms with Gasteiger partial charge in [-0.2, -0.15) is 18.4 Å². The molecule has 11 nitrogen and oxygen atoms in total. The van der Waals surface area contributed by atoms with Gasteiger partial charge in [-0.3, -0.25) is 9.63 Å². The van der Waals surface area contributed by atoms with Gasteiger partial charge >= 0.3 is 12.1 Å². The molecule has 5 rings (SSSR count).